The van der Waals surface area contributed by atoms with Crippen LogP contribution in [0.1, 0.15) is 5.56 Å². The van der Waals surface area contributed by atoms with Crippen LogP contribution in [0.15, 0.2) is 57.6 Å². The van der Waals surface area contributed by atoms with Gasteiger partial charge in [0, 0.05) is 5.56 Å². The molecule has 0 radical (unpaired) electrons. The third kappa shape index (κ3) is 4.51. The van der Waals surface area contributed by atoms with Crippen LogP contribution in [-0.4, -0.2) is 44.6 Å². The molecule has 0 spiro atoms. The number of hydrogen-bond acceptors (Lipinski definition) is 8. The summed E-state index contributed by atoms with van der Waals surface area (Å²) in [6.45, 7) is 0. The maximum absolute atomic E-state index is 13.2. The Labute approximate surface area is 182 Å². The first-order valence-corrected chi connectivity index (χ1v) is 9.80. The highest BCUT2D eigenvalue weighted by Crippen LogP contribution is 2.44. The quantitative estimate of drug-likeness (QED) is 0.648. The number of aliphatic imine (C=N–C) groups is 1. The number of carbonyl (C=O) groups is 1. The summed E-state index contributed by atoms with van der Waals surface area (Å²) in [5, 5.41) is 11.0. The van der Waals surface area contributed by atoms with E-state index in [-0.39, 0.29) is 16.4 Å². The molecule has 1 aliphatic rings. The Kier molecular flexibility index (Phi) is 6.86. The van der Waals surface area contributed by atoms with Crippen LogP contribution in [0.4, 0.5) is 10.1 Å². The molecule has 1 heterocycles. The molecule has 0 saturated carbocycles. The largest absolute Gasteiger partial charge is 0.506 e. The van der Waals surface area contributed by atoms with Gasteiger partial charge in [-0.2, -0.15) is 0 Å². The van der Waals surface area contributed by atoms with Crippen molar-refractivity contribution in [1.82, 2.24) is 0 Å². The topological polar surface area (TPSA) is 86.6 Å². The van der Waals surface area contributed by atoms with Crippen molar-refractivity contribution in [3.05, 3.63) is 64.0 Å². The zero-order valence-corrected chi connectivity index (χ0v) is 18.1. The zero-order valence-electron chi connectivity index (χ0n) is 17.3. The minimum Gasteiger partial charge on any atom is -0.506 e. The summed E-state index contributed by atoms with van der Waals surface area (Å²) < 4.78 is 34.1. The van der Waals surface area contributed by atoms with Gasteiger partial charge < -0.3 is 24.1 Å². The van der Waals surface area contributed by atoms with Crippen molar-refractivity contribution in [2.24, 2.45) is 4.99 Å². The number of nitrogens with zero attached hydrogens (tertiary/aromatic N) is 1. The number of hydrogen-bond donors (Lipinski definition) is 1. The van der Waals surface area contributed by atoms with E-state index in [0.29, 0.717) is 33.4 Å². The van der Waals surface area contributed by atoms with Crippen LogP contribution >= 0.6 is 11.8 Å². The summed E-state index contributed by atoms with van der Waals surface area (Å²) in [7, 11) is 5.69. The lowest BCUT2D eigenvalue weighted by Crippen LogP contribution is -2.10. The number of methoxy groups -OCH3 is 4. The molecule has 0 bridgehead atoms. The molecule has 9 heteroatoms. The van der Waals surface area contributed by atoms with Gasteiger partial charge in [-0.1, -0.05) is 11.8 Å². The minimum absolute atomic E-state index is 0.0810. The molecule has 31 heavy (non-hydrogen) atoms. The number of carbonyl (C=O) groups excluding carboxylic acids is 1. The summed E-state index contributed by atoms with van der Waals surface area (Å²) >= 11 is 1.07. The van der Waals surface area contributed by atoms with Gasteiger partial charge >= 0.3 is 5.97 Å². The molecule has 0 aromatic heterocycles. The highest BCUT2D eigenvalue weighted by Gasteiger charge is 2.33. The fourth-order valence-corrected chi connectivity index (χ4v) is 3.93. The normalized spacial score (nSPS) is 16.0. The summed E-state index contributed by atoms with van der Waals surface area (Å²) in [6.07, 6.45) is 1.64. The van der Waals surface area contributed by atoms with Crippen LogP contribution in [0.5, 0.6) is 17.2 Å². The first kappa shape index (κ1) is 22.2. The molecule has 0 atom stereocenters. The Bertz CT molecular complexity index is 1090. The number of aliphatic hydroxyl groups excluding tert-OH is 1. The average molecular weight is 445 g/mol. The highest BCUT2D eigenvalue weighted by molar-refractivity contribution is 8.18. The second kappa shape index (κ2) is 9.57. The Morgan fingerprint density at radius 3 is 2.26 bits per heavy atom. The van der Waals surface area contributed by atoms with Crippen molar-refractivity contribution in [2.75, 3.05) is 28.4 Å². The SMILES string of the molecule is COC(=O)C1=C(O)C(=Cc2ccc(OC)c(OC)c2OC)SC1=Nc1ccc(F)cc1. The van der Waals surface area contributed by atoms with E-state index in [1.54, 1.807) is 18.2 Å². The van der Waals surface area contributed by atoms with Crippen molar-refractivity contribution in [3.8, 4) is 17.2 Å². The van der Waals surface area contributed by atoms with Crippen molar-refractivity contribution < 1.29 is 33.2 Å². The van der Waals surface area contributed by atoms with E-state index < -0.39 is 11.8 Å². The van der Waals surface area contributed by atoms with Gasteiger partial charge in [0.05, 0.1) is 39.0 Å². The molecule has 3 rings (SSSR count). The number of ether oxygens (including phenoxy) is 4. The van der Waals surface area contributed by atoms with Gasteiger partial charge in [-0.05, 0) is 42.5 Å². The first-order valence-electron chi connectivity index (χ1n) is 8.98. The van der Waals surface area contributed by atoms with Gasteiger partial charge in [-0.25, -0.2) is 14.2 Å². The second-order valence-electron chi connectivity index (χ2n) is 6.14. The summed E-state index contributed by atoms with van der Waals surface area (Å²) in [6, 6.07) is 8.87. The number of benzene rings is 2. The molecule has 1 N–H and O–H groups in total. The fourth-order valence-electron chi connectivity index (χ4n) is 2.90. The van der Waals surface area contributed by atoms with Gasteiger partial charge in [-0.3, -0.25) is 0 Å². The number of aliphatic hydroxyl groups is 1. The van der Waals surface area contributed by atoms with Crippen LogP contribution < -0.4 is 14.2 Å². The molecular weight excluding hydrogens is 425 g/mol. The molecule has 0 unspecified atom stereocenters. The monoisotopic (exact) mass is 445 g/mol. The number of esters is 1. The molecule has 0 amide bonds. The van der Waals surface area contributed by atoms with Crippen LogP contribution in [0.2, 0.25) is 0 Å². The van der Waals surface area contributed by atoms with Gasteiger partial charge in [0.2, 0.25) is 5.75 Å². The van der Waals surface area contributed by atoms with Gasteiger partial charge in [-0.15, -0.1) is 0 Å². The zero-order chi connectivity index (χ0) is 22.5. The van der Waals surface area contributed by atoms with E-state index in [0.717, 1.165) is 11.8 Å². The van der Waals surface area contributed by atoms with Gasteiger partial charge in [0.15, 0.2) is 11.5 Å². The lowest BCUT2D eigenvalue weighted by molar-refractivity contribution is -0.135. The Balaban J connectivity index is 2.10. The van der Waals surface area contributed by atoms with Gasteiger partial charge in [0.25, 0.3) is 0 Å². The van der Waals surface area contributed by atoms with E-state index >= 15 is 0 Å². The summed E-state index contributed by atoms with van der Waals surface area (Å²) in [5.41, 5.74) is 0.923. The van der Waals surface area contributed by atoms with E-state index in [2.05, 4.69) is 4.99 Å². The van der Waals surface area contributed by atoms with Crippen molar-refractivity contribution in [1.29, 1.82) is 0 Å². The predicted octanol–water partition coefficient (Wildman–Crippen LogP) is 4.65. The summed E-state index contributed by atoms with van der Waals surface area (Å²) in [4.78, 5) is 17.0. The Morgan fingerprint density at radius 2 is 1.68 bits per heavy atom. The van der Waals surface area contributed by atoms with Crippen LogP contribution in [0.3, 0.4) is 0 Å². The maximum atomic E-state index is 13.2. The highest BCUT2D eigenvalue weighted by atomic mass is 32.2. The molecular formula is C22H20FNO6S. The number of thioether (sulfide) groups is 1. The maximum Gasteiger partial charge on any atom is 0.344 e. The van der Waals surface area contributed by atoms with Crippen molar-refractivity contribution >= 4 is 34.5 Å². The lowest BCUT2D eigenvalue weighted by Gasteiger charge is -2.14. The third-order valence-electron chi connectivity index (χ3n) is 4.36. The smallest absolute Gasteiger partial charge is 0.344 e. The van der Waals surface area contributed by atoms with Crippen LogP contribution in [-0.2, 0) is 9.53 Å². The molecule has 0 saturated heterocycles. The first-order chi connectivity index (χ1) is 14.9. The van der Waals surface area contributed by atoms with E-state index in [1.807, 2.05) is 0 Å². The fraction of sp³-hybridized carbons (Fsp3) is 0.182. The average Bonchev–Trinajstić information content (AvgIpc) is 3.08. The molecule has 0 fully saturated rings. The third-order valence-corrected chi connectivity index (χ3v) is 5.38. The number of rotatable bonds is 6. The predicted molar refractivity (Wildman–Crippen MR) is 117 cm³/mol. The molecule has 7 nitrogen and oxygen atoms in total. The second-order valence-corrected chi connectivity index (χ2v) is 7.17. The molecule has 2 aromatic carbocycles. The van der Waals surface area contributed by atoms with E-state index in [9.17, 15) is 14.3 Å². The Hall–Kier alpha value is -3.46. The van der Waals surface area contributed by atoms with Crippen LogP contribution in [0, 0.1) is 5.82 Å². The molecule has 1 aliphatic heterocycles. The molecule has 2 aromatic rings. The number of halogens is 1. The summed E-state index contributed by atoms with van der Waals surface area (Å²) in [5.74, 6) is -0.168. The molecule has 162 valence electrons. The van der Waals surface area contributed by atoms with Crippen LogP contribution in [0.25, 0.3) is 6.08 Å². The minimum atomic E-state index is -0.742. The Morgan fingerprint density at radius 1 is 1.00 bits per heavy atom. The standard InChI is InChI=1S/C22H20FNO6S/c1-27-15-10-5-12(19(28-2)20(15)29-3)11-16-18(25)17(22(26)30-4)21(31-16)24-14-8-6-13(23)7-9-14/h5-11,25H,1-4H3. The van der Waals surface area contributed by atoms with Crippen molar-refractivity contribution in [2.45, 2.75) is 0 Å². The molecule has 0 aliphatic carbocycles. The van der Waals surface area contributed by atoms with Gasteiger partial charge in [0.1, 0.15) is 22.2 Å². The van der Waals surface area contributed by atoms with Crippen molar-refractivity contribution in [3.63, 3.8) is 0 Å². The van der Waals surface area contributed by atoms with E-state index in [4.69, 9.17) is 18.9 Å². The van der Waals surface area contributed by atoms with E-state index in [1.165, 1.54) is 52.7 Å². The lowest BCUT2D eigenvalue weighted by atomic mass is 10.1.